The van der Waals surface area contributed by atoms with E-state index in [-0.39, 0.29) is 16.5 Å². The van der Waals surface area contributed by atoms with Gasteiger partial charge in [-0.05, 0) is 45.0 Å². The van der Waals surface area contributed by atoms with Gasteiger partial charge in [-0.1, -0.05) is 6.92 Å². The summed E-state index contributed by atoms with van der Waals surface area (Å²) in [6.07, 6.45) is 0. The van der Waals surface area contributed by atoms with E-state index in [0.717, 1.165) is 6.54 Å². The van der Waals surface area contributed by atoms with E-state index in [4.69, 9.17) is 0 Å². The molecule has 108 valence electrons. The molecule has 1 rings (SSSR count). The molecule has 0 aliphatic carbocycles. The maximum atomic E-state index is 13.8. The van der Waals surface area contributed by atoms with Crippen molar-refractivity contribution in [1.29, 1.82) is 0 Å². The molecule has 0 heterocycles. The van der Waals surface area contributed by atoms with Crippen molar-refractivity contribution < 1.29 is 12.8 Å². The normalized spacial score (nSPS) is 12.1. The van der Waals surface area contributed by atoms with Crippen molar-refractivity contribution in [2.24, 2.45) is 0 Å². The van der Waals surface area contributed by atoms with Crippen LogP contribution in [0.25, 0.3) is 0 Å². The van der Waals surface area contributed by atoms with Crippen LogP contribution in [0.1, 0.15) is 31.9 Å². The zero-order valence-corrected chi connectivity index (χ0v) is 12.6. The summed E-state index contributed by atoms with van der Waals surface area (Å²) in [4.78, 5) is 0.00843. The number of benzene rings is 1. The highest BCUT2D eigenvalue weighted by atomic mass is 32.2. The molecule has 0 fully saturated rings. The molecule has 2 N–H and O–H groups in total. The van der Waals surface area contributed by atoms with Gasteiger partial charge < -0.3 is 5.32 Å². The molecule has 0 spiro atoms. The van der Waals surface area contributed by atoms with Gasteiger partial charge in [0.25, 0.3) is 0 Å². The Morgan fingerprint density at radius 2 is 1.95 bits per heavy atom. The molecular weight excluding hydrogens is 267 g/mol. The van der Waals surface area contributed by atoms with Crippen LogP contribution in [0.4, 0.5) is 4.39 Å². The smallest absolute Gasteiger partial charge is 0.241 e. The van der Waals surface area contributed by atoms with Gasteiger partial charge in [0.15, 0.2) is 0 Å². The van der Waals surface area contributed by atoms with Crippen molar-refractivity contribution in [3.05, 3.63) is 29.1 Å². The molecule has 0 saturated carbocycles. The lowest BCUT2D eigenvalue weighted by molar-refractivity contribution is 0.563. The van der Waals surface area contributed by atoms with Crippen LogP contribution in [-0.2, 0) is 16.6 Å². The van der Waals surface area contributed by atoms with Crippen LogP contribution in [0.3, 0.4) is 0 Å². The van der Waals surface area contributed by atoms with Gasteiger partial charge >= 0.3 is 0 Å². The van der Waals surface area contributed by atoms with Crippen molar-refractivity contribution in [2.75, 3.05) is 6.54 Å². The molecule has 6 heteroatoms. The van der Waals surface area contributed by atoms with Crippen molar-refractivity contribution in [1.82, 2.24) is 10.0 Å². The topological polar surface area (TPSA) is 58.2 Å². The molecule has 0 aromatic heterocycles. The van der Waals surface area contributed by atoms with Gasteiger partial charge in [0.1, 0.15) is 5.82 Å². The maximum absolute atomic E-state index is 13.8. The second kappa shape index (κ2) is 6.45. The van der Waals surface area contributed by atoms with E-state index < -0.39 is 15.8 Å². The highest BCUT2D eigenvalue weighted by Crippen LogP contribution is 2.20. The van der Waals surface area contributed by atoms with E-state index in [0.29, 0.717) is 12.1 Å². The largest absolute Gasteiger partial charge is 0.313 e. The van der Waals surface area contributed by atoms with E-state index in [1.165, 1.54) is 19.1 Å². The number of hydrogen-bond acceptors (Lipinski definition) is 3. The van der Waals surface area contributed by atoms with Crippen LogP contribution >= 0.6 is 0 Å². The van der Waals surface area contributed by atoms with Crippen molar-refractivity contribution >= 4 is 10.0 Å². The zero-order valence-electron chi connectivity index (χ0n) is 11.7. The van der Waals surface area contributed by atoms with Gasteiger partial charge in [-0.15, -0.1) is 0 Å². The highest BCUT2D eigenvalue weighted by Gasteiger charge is 2.20. The minimum absolute atomic E-state index is 0.00843. The molecule has 0 aliphatic heterocycles. The van der Waals surface area contributed by atoms with Crippen LogP contribution in [0.15, 0.2) is 17.0 Å². The monoisotopic (exact) mass is 288 g/mol. The Labute approximate surface area is 114 Å². The van der Waals surface area contributed by atoms with Crippen LogP contribution in [-0.4, -0.2) is 21.0 Å². The number of rotatable bonds is 6. The SMILES string of the molecule is CCNCc1cc(F)c(C)c(S(=O)(=O)NC(C)C)c1. The molecule has 4 nitrogen and oxygen atoms in total. The van der Waals surface area contributed by atoms with Gasteiger partial charge in [-0.2, -0.15) is 0 Å². The Morgan fingerprint density at radius 1 is 1.32 bits per heavy atom. The Balaban J connectivity index is 3.22. The average molecular weight is 288 g/mol. The molecular formula is C13H21FN2O2S. The molecule has 1 aromatic carbocycles. The molecule has 19 heavy (non-hydrogen) atoms. The fraction of sp³-hybridized carbons (Fsp3) is 0.538. The first-order valence-corrected chi connectivity index (χ1v) is 7.78. The summed E-state index contributed by atoms with van der Waals surface area (Å²) < 4.78 is 40.6. The predicted octanol–water partition coefficient (Wildman–Crippen LogP) is 1.93. The van der Waals surface area contributed by atoms with Crippen molar-refractivity contribution in [3.8, 4) is 0 Å². The minimum Gasteiger partial charge on any atom is -0.313 e. The molecule has 0 radical (unpaired) electrons. The average Bonchev–Trinajstić information content (AvgIpc) is 2.28. The summed E-state index contributed by atoms with van der Waals surface area (Å²) in [5, 5.41) is 3.05. The van der Waals surface area contributed by atoms with Crippen molar-refractivity contribution in [3.63, 3.8) is 0 Å². The summed E-state index contributed by atoms with van der Waals surface area (Å²) in [5.74, 6) is -0.500. The van der Waals surface area contributed by atoms with E-state index in [1.54, 1.807) is 13.8 Å². The van der Waals surface area contributed by atoms with Gasteiger partial charge in [-0.25, -0.2) is 17.5 Å². The lowest BCUT2D eigenvalue weighted by Crippen LogP contribution is -2.31. The quantitative estimate of drug-likeness (QED) is 0.841. The first-order valence-electron chi connectivity index (χ1n) is 6.30. The van der Waals surface area contributed by atoms with Gasteiger partial charge in [0.05, 0.1) is 4.90 Å². The van der Waals surface area contributed by atoms with E-state index in [2.05, 4.69) is 10.0 Å². The van der Waals surface area contributed by atoms with Crippen molar-refractivity contribution in [2.45, 2.75) is 45.2 Å². The molecule has 0 bridgehead atoms. The van der Waals surface area contributed by atoms with E-state index >= 15 is 0 Å². The molecule has 0 amide bonds. The lowest BCUT2D eigenvalue weighted by atomic mass is 10.1. The van der Waals surface area contributed by atoms with Gasteiger partial charge in [0, 0.05) is 18.2 Å². The molecule has 0 unspecified atom stereocenters. The fourth-order valence-electron chi connectivity index (χ4n) is 1.73. The lowest BCUT2D eigenvalue weighted by Gasteiger charge is -2.14. The Bertz CT molecular complexity index is 542. The third-order valence-corrected chi connectivity index (χ3v) is 4.40. The van der Waals surface area contributed by atoms with Crippen LogP contribution in [0.2, 0.25) is 0 Å². The number of hydrogen-bond donors (Lipinski definition) is 2. The second-order valence-corrected chi connectivity index (χ2v) is 6.44. The van der Waals surface area contributed by atoms with E-state index in [9.17, 15) is 12.8 Å². The minimum atomic E-state index is -3.68. The molecule has 1 aromatic rings. The first kappa shape index (κ1) is 16.1. The molecule has 0 atom stereocenters. The fourth-order valence-corrected chi connectivity index (χ4v) is 3.29. The maximum Gasteiger partial charge on any atom is 0.241 e. The Morgan fingerprint density at radius 3 is 2.47 bits per heavy atom. The van der Waals surface area contributed by atoms with Gasteiger partial charge in [0.2, 0.25) is 10.0 Å². The Hall–Kier alpha value is -0.980. The standard InChI is InChI=1S/C13H21FN2O2S/c1-5-15-8-11-6-12(14)10(4)13(7-11)19(17,18)16-9(2)3/h6-7,9,15-16H,5,8H2,1-4H3. The van der Waals surface area contributed by atoms with Crippen LogP contribution < -0.4 is 10.0 Å². The Kier molecular flexibility index (Phi) is 5.46. The summed E-state index contributed by atoms with van der Waals surface area (Å²) in [6.45, 7) is 8.04. The van der Waals surface area contributed by atoms with Crippen LogP contribution in [0.5, 0.6) is 0 Å². The number of halogens is 1. The summed E-state index contributed by atoms with van der Waals surface area (Å²) in [6, 6.07) is 2.66. The number of nitrogens with one attached hydrogen (secondary N) is 2. The number of sulfonamides is 1. The summed E-state index contributed by atoms with van der Waals surface area (Å²) in [5.41, 5.74) is 0.766. The summed E-state index contributed by atoms with van der Waals surface area (Å²) >= 11 is 0. The second-order valence-electron chi connectivity index (χ2n) is 4.76. The molecule has 0 saturated heterocycles. The summed E-state index contributed by atoms with van der Waals surface area (Å²) in [7, 11) is -3.68. The first-order chi connectivity index (χ1) is 8.77. The predicted molar refractivity (Wildman–Crippen MR) is 74.0 cm³/mol. The van der Waals surface area contributed by atoms with E-state index in [1.807, 2.05) is 6.92 Å². The molecule has 0 aliphatic rings. The third kappa shape index (κ3) is 4.26. The van der Waals surface area contributed by atoms with Gasteiger partial charge in [-0.3, -0.25) is 0 Å². The zero-order chi connectivity index (χ0) is 14.6. The van der Waals surface area contributed by atoms with Crippen LogP contribution in [0, 0.1) is 12.7 Å². The highest BCUT2D eigenvalue weighted by molar-refractivity contribution is 7.89. The third-order valence-electron chi connectivity index (χ3n) is 2.62.